The first-order valence-corrected chi connectivity index (χ1v) is 11.9. The third-order valence-electron chi connectivity index (χ3n) is 5.69. The molecular formula is C24H31FN6O4S. The van der Waals surface area contributed by atoms with Gasteiger partial charge in [-0.2, -0.15) is 0 Å². The number of halogens is 1. The van der Waals surface area contributed by atoms with Gasteiger partial charge in [0.15, 0.2) is 22.1 Å². The van der Waals surface area contributed by atoms with Gasteiger partial charge in [-0.05, 0) is 36.9 Å². The summed E-state index contributed by atoms with van der Waals surface area (Å²) in [7, 11) is 0. The number of ether oxygens (including phenoxy) is 1. The number of nitrogens with one attached hydrogen (secondary N) is 1. The van der Waals surface area contributed by atoms with Crippen molar-refractivity contribution in [2.24, 2.45) is 0 Å². The Hall–Kier alpha value is -2.38. The van der Waals surface area contributed by atoms with Crippen molar-refractivity contribution in [3.05, 3.63) is 35.1 Å². The third kappa shape index (κ3) is 4.92. The van der Waals surface area contributed by atoms with E-state index in [9.17, 15) is 19.7 Å². The highest BCUT2D eigenvalue weighted by molar-refractivity contribution is 7.99. The molecule has 0 bridgehead atoms. The molecule has 0 amide bonds. The van der Waals surface area contributed by atoms with Gasteiger partial charge in [-0.15, -0.1) is 5.10 Å². The molecule has 194 valence electrons. The van der Waals surface area contributed by atoms with Gasteiger partial charge in [0.05, 0.1) is 33.5 Å². The molecule has 4 N–H and O–H groups in total. The van der Waals surface area contributed by atoms with Crippen LogP contribution in [0.4, 0.5) is 10.2 Å². The van der Waals surface area contributed by atoms with Crippen molar-refractivity contribution >= 4 is 28.7 Å². The molecule has 12 heteroatoms. The van der Waals surface area contributed by atoms with Crippen LogP contribution in [0.3, 0.4) is 0 Å². The topological polar surface area (TPSA) is 138 Å². The molecule has 2 aliphatic carbocycles. The minimum atomic E-state index is -2.92. The first-order valence-electron chi connectivity index (χ1n) is 16.6. The Balaban J connectivity index is 1.62. The molecule has 36 heavy (non-hydrogen) atoms. The minimum absolute atomic E-state index is 0.00743. The highest BCUT2D eigenvalue weighted by Crippen LogP contribution is 2.44. The molecule has 1 aromatic carbocycles. The quantitative estimate of drug-likeness (QED) is 0.228. The number of thioether (sulfide) groups is 1. The summed E-state index contributed by atoms with van der Waals surface area (Å²) in [5, 5.41) is 40.9. The van der Waals surface area contributed by atoms with E-state index in [-0.39, 0.29) is 34.7 Å². The average Bonchev–Trinajstić information content (AvgIpc) is 3.36. The normalized spacial score (nSPS) is 38.3. The van der Waals surface area contributed by atoms with E-state index < -0.39 is 96.8 Å². The fourth-order valence-electron chi connectivity index (χ4n) is 3.84. The number of anilines is 1. The largest absolute Gasteiger partial charge is 0.394 e. The average molecular weight is 530 g/mol. The molecule has 2 aromatic heterocycles. The Morgan fingerprint density at radius 3 is 3.00 bits per heavy atom. The van der Waals surface area contributed by atoms with E-state index in [1.165, 1.54) is 0 Å². The molecule has 3 aromatic rings. The van der Waals surface area contributed by atoms with Crippen molar-refractivity contribution in [1.29, 1.82) is 0 Å². The first-order chi connectivity index (χ1) is 21.6. The predicted octanol–water partition coefficient (Wildman–Crippen LogP) is 2.18. The van der Waals surface area contributed by atoms with Crippen LogP contribution in [-0.2, 0) is 4.74 Å². The molecule has 0 unspecified atom stereocenters. The van der Waals surface area contributed by atoms with Gasteiger partial charge in [-0.3, -0.25) is 0 Å². The van der Waals surface area contributed by atoms with Crippen LogP contribution in [0, 0.1) is 12.7 Å². The number of hydrogen-bond donors (Lipinski definition) is 4. The Bertz CT molecular complexity index is 1710. The van der Waals surface area contributed by atoms with Gasteiger partial charge in [0.2, 0.25) is 0 Å². The Kier molecular flexibility index (Phi) is 4.43. The van der Waals surface area contributed by atoms with Gasteiger partial charge in [-0.1, -0.05) is 36.0 Å². The zero-order chi connectivity index (χ0) is 35.2. The Morgan fingerprint density at radius 1 is 1.39 bits per heavy atom. The van der Waals surface area contributed by atoms with E-state index in [4.69, 9.17) is 19.8 Å². The molecule has 0 radical (unpaired) electrons. The molecule has 0 spiro atoms. The molecule has 2 heterocycles. The number of nitrogens with zero attached hydrogens (tertiary/aromatic N) is 5. The molecule has 6 atom stereocenters. The van der Waals surface area contributed by atoms with Crippen LogP contribution >= 0.6 is 11.8 Å². The molecule has 0 aliphatic heterocycles. The van der Waals surface area contributed by atoms with Crippen molar-refractivity contribution in [2.75, 3.05) is 24.2 Å². The second-order valence-electron chi connectivity index (χ2n) is 8.09. The fourth-order valence-corrected chi connectivity index (χ4v) is 4.38. The molecule has 2 aliphatic rings. The summed E-state index contributed by atoms with van der Waals surface area (Å²) in [5.41, 5.74) is -3.57. The van der Waals surface area contributed by atoms with Gasteiger partial charge in [0.1, 0.15) is 18.0 Å². The zero-order valence-electron chi connectivity index (χ0n) is 30.2. The van der Waals surface area contributed by atoms with E-state index in [1.807, 2.05) is 0 Å². The summed E-state index contributed by atoms with van der Waals surface area (Å²) >= 11 is 0.547. The van der Waals surface area contributed by atoms with E-state index in [0.29, 0.717) is 11.8 Å². The van der Waals surface area contributed by atoms with Crippen LogP contribution < -0.4 is 5.32 Å². The van der Waals surface area contributed by atoms with Crippen molar-refractivity contribution in [3.63, 3.8) is 0 Å². The summed E-state index contributed by atoms with van der Waals surface area (Å²) in [6.07, 6.45) is -7.75. The monoisotopic (exact) mass is 529 g/mol. The maximum Gasteiger partial charge on any atom is 0.191 e. The van der Waals surface area contributed by atoms with E-state index in [1.54, 1.807) is 6.92 Å². The highest BCUT2D eigenvalue weighted by Gasteiger charge is 2.45. The van der Waals surface area contributed by atoms with Crippen LogP contribution in [-0.4, -0.2) is 83.5 Å². The van der Waals surface area contributed by atoms with Gasteiger partial charge in [-0.25, -0.2) is 19.0 Å². The summed E-state index contributed by atoms with van der Waals surface area (Å²) in [5.74, 6) is -4.49. The van der Waals surface area contributed by atoms with E-state index >= 15 is 0 Å². The molecule has 5 rings (SSSR count). The summed E-state index contributed by atoms with van der Waals surface area (Å²) < 4.78 is 113. The summed E-state index contributed by atoms with van der Waals surface area (Å²) in [6.45, 7) is -0.865. The Labute approximate surface area is 227 Å². The summed E-state index contributed by atoms with van der Waals surface area (Å²) in [6, 6.07) is -6.42. The minimum Gasteiger partial charge on any atom is -0.394 e. The number of hydrogen-bond acceptors (Lipinski definition) is 10. The van der Waals surface area contributed by atoms with Crippen molar-refractivity contribution in [1.82, 2.24) is 25.0 Å². The number of benzene rings is 1. The van der Waals surface area contributed by atoms with E-state index in [0.717, 1.165) is 11.6 Å². The second kappa shape index (κ2) is 10.5. The standard InChI is InChI=1S/C24H31FN6O4S/c1-3-8-36-24-27-22(26-16-10-14(16)13-5-4-12(2)15(25)9-13)19-23(28-24)31(30-29-19)17-11-18(35-7-6-32)21(34)20(17)33/h4-5,9,14,16-18,20-21,32-34H,3,6-8,10-11H2,1-2H3,(H,26,27,28)/t14-,16+,17+,18-,20-,21+/m0/s1/i4D,5D,7D2,8D2,9D,10D2,14D,16D. The number of fused-ring (bicyclic) bond motifs is 1. The second-order valence-corrected chi connectivity index (χ2v) is 8.95. The van der Waals surface area contributed by atoms with E-state index in [2.05, 4.69) is 25.6 Å². The lowest BCUT2D eigenvalue weighted by molar-refractivity contribution is -0.0629. The van der Waals surface area contributed by atoms with Crippen LogP contribution in [0.25, 0.3) is 11.2 Å². The van der Waals surface area contributed by atoms with Gasteiger partial charge in [0, 0.05) is 30.9 Å². The highest BCUT2D eigenvalue weighted by atomic mass is 32.2. The predicted molar refractivity (Wildman–Crippen MR) is 133 cm³/mol. The fraction of sp³-hybridized carbons (Fsp3) is 0.583. The zero-order valence-corrected chi connectivity index (χ0v) is 20.0. The van der Waals surface area contributed by atoms with Crippen molar-refractivity contribution < 1.29 is 39.5 Å². The van der Waals surface area contributed by atoms with Gasteiger partial charge in [0.25, 0.3) is 0 Å². The SMILES string of the molecule is [2H]c1c([2H])c([C@]2([2H])C([2H])([2H])[C@@]2([2H])Nc2nc(SC([2H])([2H])CC)nc3c2nnn3[C@@H]2C[C@H](OC([2H])([2H])CO)[C@@H](O)[C@H]2O)c([2H])c(F)c1C. The molecular weight excluding hydrogens is 487 g/mol. The number of aliphatic hydroxyl groups excluding tert-OH is 3. The lowest BCUT2D eigenvalue weighted by Gasteiger charge is -2.17. The van der Waals surface area contributed by atoms with Crippen LogP contribution in [0.2, 0.25) is 0 Å². The van der Waals surface area contributed by atoms with Gasteiger partial charge < -0.3 is 25.4 Å². The maximum atomic E-state index is 14.9. The number of aromatic nitrogens is 5. The van der Waals surface area contributed by atoms with Crippen LogP contribution in [0.1, 0.15) is 64.3 Å². The van der Waals surface area contributed by atoms with Crippen LogP contribution in [0.15, 0.2) is 23.3 Å². The first kappa shape index (κ1) is 15.1. The van der Waals surface area contributed by atoms with Gasteiger partial charge >= 0.3 is 0 Å². The Morgan fingerprint density at radius 2 is 2.22 bits per heavy atom. The molecule has 2 fully saturated rings. The smallest absolute Gasteiger partial charge is 0.191 e. The lowest BCUT2D eigenvalue weighted by atomic mass is 10.1. The molecule has 0 saturated heterocycles. The number of rotatable bonds is 10. The molecule has 2 saturated carbocycles. The van der Waals surface area contributed by atoms with Crippen LogP contribution in [0.5, 0.6) is 0 Å². The summed E-state index contributed by atoms with van der Waals surface area (Å²) in [4.78, 5) is 8.54. The molecule has 10 nitrogen and oxygen atoms in total. The van der Waals surface area contributed by atoms with Crippen molar-refractivity contribution in [3.8, 4) is 0 Å². The lowest BCUT2D eigenvalue weighted by Crippen LogP contribution is -2.33. The van der Waals surface area contributed by atoms with Crippen molar-refractivity contribution in [2.45, 2.75) is 74.5 Å². The maximum absolute atomic E-state index is 14.9. The third-order valence-corrected chi connectivity index (χ3v) is 6.49. The number of aliphatic hydroxyl groups is 3.